The number of amidine groups is 1. The molecule has 1 N–H and O–H groups in total. The van der Waals surface area contributed by atoms with E-state index < -0.39 is 0 Å². The van der Waals surface area contributed by atoms with E-state index in [1.54, 1.807) is 7.05 Å². The molecule has 0 atom stereocenters. The van der Waals surface area contributed by atoms with Crippen molar-refractivity contribution in [2.75, 3.05) is 12.4 Å². The van der Waals surface area contributed by atoms with Crippen LogP contribution in [-0.4, -0.2) is 12.9 Å². The molecule has 1 aromatic carbocycles. The molecule has 0 spiro atoms. The third kappa shape index (κ3) is 4.92. The fraction of sp³-hybridized carbons (Fsp3) is 0.316. The van der Waals surface area contributed by atoms with Gasteiger partial charge in [0.2, 0.25) is 0 Å². The van der Waals surface area contributed by atoms with Crippen molar-refractivity contribution < 1.29 is 4.74 Å². The van der Waals surface area contributed by atoms with Crippen molar-refractivity contribution in [3.05, 3.63) is 53.8 Å². The summed E-state index contributed by atoms with van der Waals surface area (Å²) in [6, 6.07) is 6.12. The molecular formula is C19H26N2O. The van der Waals surface area contributed by atoms with Crippen LogP contribution in [0.1, 0.15) is 45.2 Å². The first-order chi connectivity index (χ1) is 10.5. The smallest absolute Gasteiger partial charge is 0.129 e. The van der Waals surface area contributed by atoms with Crippen LogP contribution in [0.15, 0.2) is 47.7 Å². The lowest BCUT2D eigenvalue weighted by Gasteiger charge is -2.14. The second kappa shape index (κ2) is 8.88. The number of nitrogens with one attached hydrogen (secondary N) is 1. The Bertz CT molecular complexity index is 610. The summed E-state index contributed by atoms with van der Waals surface area (Å²) in [5.74, 6) is 2.60. The predicted octanol–water partition coefficient (Wildman–Crippen LogP) is 5.48. The van der Waals surface area contributed by atoms with Crippen molar-refractivity contribution in [1.29, 1.82) is 0 Å². The molecule has 0 fully saturated rings. The van der Waals surface area contributed by atoms with Gasteiger partial charge in [-0.25, -0.2) is 0 Å². The minimum absolute atomic E-state index is 0.840. The van der Waals surface area contributed by atoms with Gasteiger partial charge in [0.1, 0.15) is 5.76 Å². The van der Waals surface area contributed by atoms with Crippen LogP contribution >= 0.6 is 0 Å². The second-order valence-corrected chi connectivity index (χ2v) is 4.92. The van der Waals surface area contributed by atoms with Crippen molar-refractivity contribution >= 4 is 23.4 Å². The van der Waals surface area contributed by atoms with Gasteiger partial charge in [-0.05, 0) is 51.0 Å². The van der Waals surface area contributed by atoms with Gasteiger partial charge in [-0.3, -0.25) is 4.99 Å². The van der Waals surface area contributed by atoms with Crippen LogP contribution in [0, 0.1) is 0 Å². The molecule has 1 aromatic rings. The molecule has 0 heterocycles. The van der Waals surface area contributed by atoms with Crippen LogP contribution in [0.4, 0.5) is 5.69 Å². The number of ether oxygens (including phenoxy) is 1. The Morgan fingerprint density at radius 2 is 2.09 bits per heavy atom. The number of anilines is 1. The molecule has 0 aliphatic rings. The predicted molar refractivity (Wildman–Crippen MR) is 98.0 cm³/mol. The first-order valence-corrected chi connectivity index (χ1v) is 7.53. The molecule has 0 radical (unpaired) electrons. The van der Waals surface area contributed by atoms with Gasteiger partial charge in [-0.15, -0.1) is 0 Å². The molecular weight excluding hydrogens is 272 g/mol. The molecule has 1 rings (SSSR count). The standard InChI is InChI=1S/C19H26N2O/c1-7-10-14(4)22-19(9-3)17-12-11-16(8-2)18(13-17)21-15(5)20-6/h8-13H,2,7H2,1,3-6H3,(H,20,21)/b14-10+,19-9-. The zero-order valence-corrected chi connectivity index (χ0v) is 14.2. The molecule has 118 valence electrons. The Hall–Kier alpha value is -2.29. The Labute approximate surface area is 134 Å². The molecule has 0 aliphatic heterocycles. The maximum absolute atomic E-state index is 5.92. The molecule has 22 heavy (non-hydrogen) atoms. The zero-order chi connectivity index (χ0) is 16.5. The highest BCUT2D eigenvalue weighted by Crippen LogP contribution is 2.26. The third-order valence-electron chi connectivity index (χ3n) is 3.23. The second-order valence-electron chi connectivity index (χ2n) is 4.92. The SMILES string of the molecule is C=Cc1ccc(/C(=C/C)O/C(C)=C/CC)cc1NC(C)=NC. The molecule has 0 amide bonds. The monoisotopic (exact) mass is 298 g/mol. The summed E-state index contributed by atoms with van der Waals surface area (Å²) in [6.07, 6.45) is 6.82. The lowest BCUT2D eigenvalue weighted by Crippen LogP contribution is -2.08. The van der Waals surface area contributed by atoms with Crippen LogP contribution in [0.3, 0.4) is 0 Å². The third-order valence-corrected chi connectivity index (χ3v) is 3.23. The van der Waals surface area contributed by atoms with Crippen molar-refractivity contribution in [1.82, 2.24) is 0 Å². The summed E-state index contributed by atoms with van der Waals surface area (Å²) >= 11 is 0. The molecule has 0 aliphatic carbocycles. The molecule has 3 nitrogen and oxygen atoms in total. The van der Waals surface area contributed by atoms with Crippen LogP contribution in [0.2, 0.25) is 0 Å². The van der Waals surface area contributed by atoms with Crippen molar-refractivity contribution in [2.45, 2.75) is 34.1 Å². The summed E-state index contributed by atoms with van der Waals surface area (Å²) in [6.45, 7) is 11.8. The molecule has 0 saturated heterocycles. The van der Waals surface area contributed by atoms with Crippen LogP contribution in [0.5, 0.6) is 0 Å². The normalized spacial score (nSPS) is 13.0. The maximum Gasteiger partial charge on any atom is 0.129 e. The minimum atomic E-state index is 0.840. The van der Waals surface area contributed by atoms with Crippen molar-refractivity contribution in [3.63, 3.8) is 0 Å². The first-order valence-electron chi connectivity index (χ1n) is 7.53. The van der Waals surface area contributed by atoms with Gasteiger partial charge >= 0.3 is 0 Å². The molecule has 0 aromatic heterocycles. The highest BCUT2D eigenvalue weighted by Gasteiger charge is 2.08. The topological polar surface area (TPSA) is 33.6 Å². The molecule has 0 saturated carbocycles. The number of hydrogen-bond acceptors (Lipinski definition) is 2. The van der Waals surface area contributed by atoms with Gasteiger partial charge in [0.05, 0.1) is 11.6 Å². The summed E-state index contributed by atoms with van der Waals surface area (Å²) in [7, 11) is 1.76. The average molecular weight is 298 g/mol. The molecule has 0 bridgehead atoms. The zero-order valence-electron chi connectivity index (χ0n) is 14.2. The molecule has 3 heteroatoms. The largest absolute Gasteiger partial charge is 0.462 e. The number of nitrogens with zero attached hydrogens (tertiary/aromatic N) is 1. The van der Waals surface area contributed by atoms with Gasteiger partial charge in [0.15, 0.2) is 0 Å². The highest BCUT2D eigenvalue weighted by atomic mass is 16.5. The Balaban J connectivity index is 3.16. The number of allylic oxidation sites excluding steroid dienone is 3. The minimum Gasteiger partial charge on any atom is -0.462 e. The number of benzene rings is 1. The van der Waals surface area contributed by atoms with Gasteiger partial charge in [0.25, 0.3) is 0 Å². The van der Waals surface area contributed by atoms with E-state index in [0.29, 0.717) is 0 Å². The molecule has 0 unspecified atom stereocenters. The van der Waals surface area contributed by atoms with Crippen LogP contribution in [-0.2, 0) is 4.74 Å². The van der Waals surface area contributed by atoms with Gasteiger partial charge in [0, 0.05) is 18.3 Å². The van der Waals surface area contributed by atoms with Crippen molar-refractivity contribution in [3.8, 4) is 0 Å². The van der Waals surface area contributed by atoms with E-state index in [1.807, 2.05) is 45.1 Å². The van der Waals surface area contributed by atoms with E-state index >= 15 is 0 Å². The number of rotatable bonds is 6. The number of aliphatic imine (C=N–C) groups is 1. The summed E-state index contributed by atoms with van der Waals surface area (Å²) in [5.41, 5.74) is 3.02. The Kier molecular flexibility index (Phi) is 7.17. The van der Waals surface area contributed by atoms with E-state index in [-0.39, 0.29) is 0 Å². The summed E-state index contributed by atoms with van der Waals surface area (Å²) < 4.78 is 5.92. The fourth-order valence-corrected chi connectivity index (χ4v) is 2.03. The van der Waals surface area contributed by atoms with Gasteiger partial charge in [-0.2, -0.15) is 0 Å². The van der Waals surface area contributed by atoms with E-state index in [0.717, 1.165) is 40.6 Å². The van der Waals surface area contributed by atoms with E-state index in [1.165, 1.54) is 0 Å². The van der Waals surface area contributed by atoms with E-state index in [9.17, 15) is 0 Å². The Morgan fingerprint density at radius 3 is 2.64 bits per heavy atom. The van der Waals surface area contributed by atoms with Crippen LogP contribution in [0.25, 0.3) is 11.8 Å². The Morgan fingerprint density at radius 1 is 1.36 bits per heavy atom. The number of hydrogen-bond donors (Lipinski definition) is 1. The lowest BCUT2D eigenvalue weighted by molar-refractivity contribution is 0.382. The summed E-state index contributed by atoms with van der Waals surface area (Å²) in [4.78, 5) is 4.14. The quantitative estimate of drug-likeness (QED) is 0.428. The van der Waals surface area contributed by atoms with Gasteiger partial charge in [-0.1, -0.05) is 31.7 Å². The van der Waals surface area contributed by atoms with E-state index in [2.05, 4.69) is 36.0 Å². The highest BCUT2D eigenvalue weighted by molar-refractivity contribution is 5.95. The lowest BCUT2D eigenvalue weighted by atomic mass is 10.1. The van der Waals surface area contributed by atoms with Crippen molar-refractivity contribution in [2.24, 2.45) is 4.99 Å². The van der Waals surface area contributed by atoms with E-state index in [4.69, 9.17) is 4.74 Å². The fourth-order valence-electron chi connectivity index (χ4n) is 2.03. The van der Waals surface area contributed by atoms with Gasteiger partial charge < -0.3 is 10.1 Å². The van der Waals surface area contributed by atoms with Crippen LogP contribution < -0.4 is 5.32 Å². The summed E-state index contributed by atoms with van der Waals surface area (Å²) in [5, 5.41) is 3.29. The first kappa shape index (κ1) is 17.8. The maximum atomic E-state index is 5.92. The average Bonchev–Trinajstić information content (AvgIpc) is 2.52.